The first-order chi connectivity index (χ1) is 13.1. The molecule has 0 amide bonds. The molecule has 6 nitrogen and oxygen atoms in total. The van der Waals surface area contributed by atoms with Crippen molar-refractivity contribution in [3.8, 4) is 0 Å². The molecule has 2 aromatic rings. The van der Waals surface area contributed by atoms with Crippen LogP contribution in [-0.4, -0.2) is 41.2 Å². The molecule has 0 bridgehead atoms. The number of hydrogen-bond acceptors (Lipinski definition) is 3. The zero-order chi connectivity index (χ0) is 19.2. The fourth-order valence-electron chi connectivity index (χ4n) is 3.07. The van der Waals surface area contributed by atoms with E-state index in [1.54, 1.807) is 0 Å². The minimum Gasteiger partial charge on any atom is -0.369 e. The summed E-state index contributed by atoms with van der Waals surface area (Å²) < 4.78 is 27.7. The molecule has 1 aliphatic heterocycles. The molecule has 2 heterocycles. The molecule has 27 heavy (non-hydrogen) atoms. The van der Waals surface area contributed by atoms with Gasteiger partial charge in [0.2, 0.25) is 0 Å². The molecule has 1 unspecified atom stereocenters. The summed E-state index contributed by atoms with van der Waals surface area (Å²) in [5.74, 6) is 0.856. The molecule has 1 fully saturated rings. The summed E-state index contributed by atoms with van der Waals surface area (Å²) in [6, 6.07) is 8.49. The van der Waals surface area contributed by atoms with Gasteiger partial charge < -0.3 is 15.5 Å². The normalized spacial score (nSPS) is 17.6. The zero-order valence-electron chi connectivity index (χ0n) is 15.1. The van der Waals surface area contributed by atoms with E-state index in [2.05, 4.69) is 53.6 Å². The van der Waals surface area contributed by atoms with E-state index in [9.17, 15) is 8.78 Å². The summed E-state index contributed by atoms with van der Waals surface area (Å²) in [4.78, 5) is 10.7. The molecule has 0 radical (unpaired) electrons. The second-order valence-electron chi connectivity index (χ2n) is 6.28. The number of guanidine groups is 1. The van der Waals surface area contributed by atoms with Crippen LogP contribution in [0, 0.1) is 0 Å². The van der Waals surface area contributed by atoms with Gasteiger partial charge in [0, 0.05) is 48.2 Å². The van der Waals surface area contributed by atoms with Gasteiger partial charge >= 0.3 is 6.55 Å². The SMILES string of the molecule is CCNC(=NCc1nccn1C(F)F)NC1CCN(c2ccc(Br)cc2)C1. The summed E-state index contributed by atoms with van der Waals surface area (Å²) >= 11 is 3.45. The topological polar surface area (TPSA) is 57.5 Å². The average molecular weight is 441 g/mol. The molecule has 1 saturated heterocycles. The van der Waals surface area contributed by atoms with Gasteiger partial charge in [-0.1, -0.05) is 15.9 Å². The molecule has 146 valence electrons. The smallest absolute Gasteiger partial charge is 0.319 e. The predicted molar refractivity (Wildman–Crippen MR) is 106 cm³/mol. The summed E-state index contributed by atoms with van der Waals surface area (Å²) in [5.41, 5.74) is 1.18. The third-order valence-corrected chi connectivity index (χ3v) is 4.93. The lowest BCUT2D eigenvalue weighted by atomic mass is 10.3. The highest BCUT2D eigenvalue weighted by Crippen LogP contribution is 2.22. The number of aliphatic imine (C=N–C) groups is 1. The third-order valence-electron chi connectivity index (χ3n) is 4.40. The molecule has 0 saturated carbocycles. The van der Waals surface area contributed by atoms with Crippen LogP contribution >= 0.6 is 15.9 Å². The highest BCUT2D eigenvalue weighted by atomic mass is 79.9. The summed E-state index contributed by atoms with van der Waals surface area (Å²) in [5, 5.41) is 6.57. The van der Waals surface area contributed by atoms with Gasteiger partial charge in [-0.05, 0) is 37.6 Å². The van der Waals surface area contributed by atoms with E-state index in [1.807, 2.05) is 19.1 Å². The van der Waals surface area contributed by atoms with E-state index in [-0.39, 0.29) is 18.4 Å². The van der Waals surface area contributed by atoms with Crippen molar-refractivity contribution in [3.05, 3.63) is 47.0 Å². The second-order valence-corrected chi connectivity index (χ2v) is 7.19. The van der Waals surface area contributed by atoms with Crippen LogP contribution in [0.25, 0.3) is 0 Å². The second kappa shape index (κ2) is 9.16. The molecular formula is C18H23BrF2N6. The summed E-state index contributed by atoms with van der Waals surface area (Å²) in [7, 11) is 0. The van der Waals surface area contributed by atoms with E-state index >= 15 is 0 Å². The minimum atomic E-state index is -2.61. The number of nitrogens with zero attached hydrogens (tertiary/aromatic N) is 4. The van der Waals surface area contributed by atoms with E-state index in [1.165, 1.54) is 18.1 Å². The predicted octanol–water partition coefficient (Wildman–Crippen LogP) is 3.37. The van der Waals surface area contributed by atoms with Crippen LogP contribution in [-0.2, 0) is 6.54 Å². The lowest BCUT2D eigenvalue weighted by Gasteiger charge is -2.20. The maximum atomic E-state index is 12.9. The van der Waals surface area contributed by atoms with Gasteiger partial charge in [0.15, 0.2) is 5.96 Å². The fraction of sp³-hybridized carbons (Fsp3) is 0.444. The van der Waals surface area contributed by atoms with Crippen molar-refractivity contribution in [2.75, 3.05) is 24.5 Å². The van der Waals surface area contributed by atoms with Gasteiger partial charge in [-0.2, -0.15) is 8.78 Å². The molecule has 1 aromatic carbocycles. The Balaban J connectivity index is 1.61. The van der Waals surface area contributed by atoms with Gasteiger partial charge in [0.05, 0.1) is 0 Å². The van der Waals surface area contributed by atoms with Crippen molar-refractivity contribution in [2.45, 2.75) is 32.5 Å². The first kappa shape index (κ1) is 19.6. The molecule has 1 atom stereocenters. The number of rotatable bonds is 6. The van der Waals surface area contributed by atoms with Crippen LogP contribution < -0.4 is 15.5 Å². The Kier molecular flexibility index (Phi) is 6.65. The van der Waals surface area contributed by atoms with Crippen LogP contribution in [0.3, 0.4) is 0 Å². The van der Waals surface area contributed by atoms with Crippen LogP contribution in [0.5, 0.6) is 0 Å². The molecule has 0 aliphatic carbocycles. The molecule has 3 rings (SSSR count). The average Bonchev–Trinajstić information content (AvgIpc) is 3.30. The van der Waals surface area contributed by atoms with Crippen molar-refractivity contribution >= 4 is 27.6 Å². The van der Waals surface area contributed by atoms with E-state index in [0.717, 1.165) is 28.6 Å². The standard InChI is InChI=1S/C18H23BrF2N6/c1-2-22-18(24-11-16-23-8-10-27(16)17(20)21)25-14-7-9-26(12-14)15-5-3-13(19)4-6-15/h3-6,8,10,14,17H,2,7,9,11-12H2,1H3,(H2,22,24,25). The van der Waals surface area contributed by atoms with Gasteiger partial charge in [-0.15, -0.1) is 0 Å². The Hall–Kier alpha value is -2.16. The van der Waals surface area contributed by atoms with Crippen LogP contribution in [0.15, 0.2) is 46.1 Å². The van der Waals surface area contributed by atoms with Crippen molar-refractivity contribution in [3.63, 3.8) is 0 Å². The van der Waals surface area contributed by atoms with Crippen molar-refractivity contribution in [1.82, 2.24) is 20.2 Å². The molecule has 9 heteroatoms. The highest BCUT2D eigenvalue weighted by molar-refractivity contribution is 9.10. The summed E-state index contributed by atoms with van der Waals surface area (Å²) in [6.45, 7) is 1.96. The molecule has 1 aliphatic rings. The number of nitrogens with one attached hydrogen (secondary N) is 2. The Bertz CT molecular complexity index is 761. The zero-order valence-corrected chi connectivity index (χ0v) is 16.7. The Morgan fingerprint density at radius 2 is 2.15 bits per heavy atom. The molecular weight excluding hydrogens is 418 g/mol. The number of anilines is 1. The Morgan fingerprint density at radius 1 is 1.37 bits per heavy atom. The number of alkyl halides is 2. The lowest BCUT2D eigenvalue weighted by molar-refractivity contribution is 0.0671. The maximum Gasteiger partial charge on any atom is 0.319 e. The summed E-state index contributed by atoms with van der Waals surface area (Å²) in [6.07, 6.45) is 3.61. The van der Waals surface area contributed by atoms with Gasteiger partial charge in [0.1, 0.15) is 12.4 Å². The van der Waals surface area contributed by atoms with E-state index < -0.39 is 6.55 Å². The number of halogens is 3. The monoisotopic (exact) mass is 440 g/mol. The maximum absolute atomic E-state index is 12.9. The van der Waals surface area contributed by atoms with Crippen molar-refractivity contribution in [1.29, 1.82) is 0 Å². The van der Waals surface area contributed by atoms with Crippen molar-refractivity contribution < 1.29 is 8.78 Å². The van der Waals surface area contributed by atoms with Crippen molar-refractivity contribution in [2.24, 2.45) is 4.99 Å². The van der Waals surface area contributed by atoms with E-state index in [4.69, 9.17) is 0 Å². The fourth-order valence-corrected chi connectivity index (χ4v) is 3.34. The van der Waals surface area contributed by atoms with Crippen LogP contribution in [0.2, 0.25) is 0 Å². The molecule has 2 N–H and O–H groups in total. The minimum absolute atomic E-state index is 0.0931. The largest absolute Gasteiger partial charge is 0.369 e. The molecule has 0 spiro atoms. The third kappa shape index (κ3) is 5.18. The number of hydrogen-bond donors (Lipinski definition) is 2. The first-order valence-corrected chi connectivity index (χ1v) is 9.71. The van der Waals surface area contributed by atoms with Crippen LogP contribution in [0.1, 0.15) is 25.7 Å². The van der Waals surface area contributed by atoms with Gasteiger partial charge in [-0.25, -0.2) is 9.98 Å². The lowest BCUT2D eigenvalue weighted by Crippen LogP contribution is -2.44. The van der Waals surface area contributed by atoms with E-state index in [0.29, 0.717) is 12.5 Å². The molecule has 1 aromatic heterocycles. The Morgan fingerprint density at radius 3 is 2.85 bits per heavy atom. The first-order valence-electron chi connectivity index (χ1n) is 8.92. The van der Waals surface area contributed by atoms with Gasteiger partial charge in [-0.3, -0.25) is 4.57 Å². The number of aromatic nitrogens is 2. The number of imidazole rings is 1. The quantitative estimate of drug-likeness (QED) is 0.533. The van der Waals surface area contributed by atoms with Gasteiger partial charge in [0.25, 0.3) is 0 Å². The highest BCUT2D eigenvalue weighted by Gasteiger charge is 2.23. The van der Waals surface area contributed by atoms with Crippen LogP contribution in [0.4, 0.5) is 14.5 Å². The Labute approximate surface area is 165 Å². The number of benzene rings is 1.